The predicted molar refractivity (Wildman–Crippen MR) is 107 cm³/mol. The number of amides is 1. The van der Waals surface area contributed by atoms with Gasteiger partial charge in [0.2, 0.25) is 5.91 Å². The van der Waals surface area contributed by atoms with Crippen molar-refractivity contribution >= 4 is 65.2 Å². The largest absolute Gasteiger partial charge is 0.420 e. The number of fused-ring (bicyclic) bond motifs is 4. The number of hydrogen-bond acceptors (Lipinski definition) is 7. The lowest BCUT2D eigenvalue weighted by molar-refractivity contribution is -0.116. The Balaban J connectivity index is 1.46. The maximum Gasteiger partial charge on any atom is 0.420 e. The van der Waals surface area contributed by atoms with Crippen LogP contribution in [-0.2, 0) is 11.3 Å². The third-order valence-electron chi connectivity index (χ3n) is 4.14. The predicted octanol–water partition coefficient (Wildman–Crippen LogP) is 3.76. The Labute approximate surface area is 159 Å². The van der Waals surface area contributed by atoms with Gasteiger partial charge in [-0.15, -0.1) is 11.3 Å². The van der Waals surface area contributed by atoms with Gasteiger partial charge < -0.3 is 9.73 Å². The second-order valence-corrected chi connectivity index (χ2v) is 8.19. The highest BCUT2D eigenvalue weighted by atomic mass is 32.1. The molecule has 0 fully saturated rings. The van der Waals surface area contributed by atoms with Gasteiger partial charge in [-0.25, -0.2) is 14.8 Å². The van der Waals surface area contributed by atoms with Gasteiger partial charge in [-0.1, -0.05) is 23.5 Å². The van der Waals surface area contributed by atoms with Crippen molar-refractivity contribution in [2.75, 3.05) is 5.32 Å². The molecule has 7 nitrogen and oxygen atoms in total. The molecule has 0 spiro atoms. The molecule has 0 saturated heterocycles. The van der Waals surface area contributed by atoms with Gasteiger partial charge in [0.05, 0.1) is 31.0 Å². The normalized spacial score (nSPS) is 11.6. The first-order chi connectivity index (χ1) is 13.1. The molecule has 0 bridgehead atoms. The van der Waals surface area contributed by atoms with Crippen LogP contribution in [0.2, 0.25) is 0 Å². The van der Waals surface area contributed by atoms with Crippen molar-refractivity contribution in [3.05, 3.63) is 52.0 Å². The van der Waals surface area contributed by atoms with Crippen LogP contribution in [0.3, 0.4) is 0 Å². The number of carbonyl (C=O) groups excluding carboxylic acids is 1. The van der Waals surface area contributed by atoms with E-state index in [1.807, 2.05) is 19.1 Å². The molecule has 1 N–H and O–H groups in total. The van der Waals surface area contributed by atoms with Crippen LogP contribution in [0, 0.1) is 6.92 Å². The van der Waals surface area contributed by atoms with Gasteiger partial charge >= 0.3 is 5.76 Å². The molecule has 0 aliphatic carbocycles. The van der Waals surface area contributed by atoms with Crippen LogP contribution in [0.5, 0.6) is 0 Å². The minimum absolute atomic E-state index is 0.138. The number of aryl methyl sites for hydroxylation is 1. The van der Waals surface area contributed by atoms with E-state index in [1.54, 1.807) is 35.6 Å². The van der Waals surface area contributed by atoms with Crippen molar-refractivity contribution in [1.82, 2.24) is 14.5 Å². The summed E-state index contributed by atoms with van der Waals surface area (Å²) in [6.45, 7) is 1.83. The van der Waals surface area contributed by atoms with Gasteiger partial charge in [-0.3, -0.25) is 9.36 Å². The number of rotatable bonds is 3. The molecule has 0 unspecified atom stereocenters. The SMILES string of the molecule is Cc1nc2ccc3nc(NC(=O)Cn4c(=O)oc5ccccc54)sc3c2s1. The average Bonchev–Trinajstić information content (AvgIpc) is 3.29. The van der Waals surface area contributed by atoms with Crippen LogP contribution >= 0.6 is 22.7 Å². The lowest BCUT2D eigenvalue weighted by Gasteiger charge is -2.02. The van der Waals surface area contributed by atoms with Crippen molar-refractivity contribution < 1.29 is 9.21 Å². The molecule has 3 heterocycles. The monoisotopic (exact) mass is 396 g/mol. The minimum atomic E-state index is -0.558. The molecule has 9 heteroatoms. The first-order valence-electron chi connectivity index (χ1n) is 8.13. The highest BCUT2D eigenvalue weighted by Gasteiger charge is 2.15. The van der Waals surface area contributed by atoms with Crippen LogP contribution < -0.4 is 11.1 Å². The number of nitrogens with zero attached hydrogens (tertiary/aromatic N) is 3. The Hall–Kier alpha value is -3.04. The fraction of sp³-hybridized carbons (Fsp3) is 0.111. The van der Waals surface area contributed by atoms with E-state index in [1.165, 1.54) is 15.9 Å². The summed E-state index contributed by atoms with van der Waals surface area (Å²) >= 11 is 3.02. The van der Waals surface area contributed by atoms with Crippen LogP contribution in [-0.4, -0.2) is 20.4 Å². The summed E-state index contributed by atoms with van der Waals surface area (Å²) in [5, 5.41) is 4.27. The Morgan fingerprint density at radius 2 is 1.85 bits per heavy atom. The summed E-state index contributed by atoms with van der Waals surface area (Å²) in [6, 6.07) is 10.8. The Morgan fingerprint density at radius 3 is 2.70 bits per heavy atom. The zero-order valence-electron chi connectivity index (χ0n) is 14.1. The molecule has 1 amide bonds. The number of anilines is 1. The number of carbonyl (C=O) groups is 1. The average molecular weight is 396 g/mol. The molecule has 5 rings (SSSR count). The Kier molecular flexibility index (Phi) is 3.59. The zero-order valence-corrected chi connectivity index (χ0v) is 15.7. The molecular weight excluding hydrogens is 384 g/mol. The quantitative estimate of drug-likeness (QED) is 0.501. The lowest BCUT2D eigenvalue weighted by atomic mass is 10.3. The Morgan fingerprint density at radius 1 is 1.11 bits per heavy atom. The van der Waals surface area contributed by atoms with E-state index in [0.717, 1.165) is 25.4 Å². The van der Waals surface area contributed by atoms with Crippen LogP contribution in [0.15, 0.2) is 45.6 Å². The molecule has 0 radical (unpaired) electrons. The second-order valence-electron chi connectivity index (χ2n) is 5.98. The van der Waals surface area contributed by atoms with Gasteiger partial charge in [0, 0.05) is 0 Å². The maximum absolute atomic E-state index is 12.5. The van der Waals surface area contributed by atoms with E-state index in [9.17, 15) is 9.59 Å². The summed E-state index contributed by atoms with van der Waals surface area (Å²) < 4.78 is 8.53. The number of aromatic nitrogens is 3. The highest BCUT2D eigenvalue weighted by molar-refractivity contribution is 7.28. The molecule has 27 heavy (non-hydrogen) atoms. The van der Waals surface area contributed by atoms with E-state index in [0.29, 0.717) is 16.2 Å². The molecule has 3 aromatic heterocycles. The summed E-state index contributed by atoms with van der Waals surface area (Å²) in [5.41, 5.74) is 2.79. The van der Waals surface area contributed by atoms with Gasteiger partial charge in [-0.05, 0) is 31.2 Å². The number of para-hydroxylation sites is 2. The lowest BCUT2D eigenvalue weighted by Crippen LogP contribution is -2.24. The van der Waals surface area contributed by atoms with Crippen molar-refractivity contribution in [3.63, 3.8) is 0 Å². The Bertz CT molecular complexity index is 1390. The fourth-order valence-electron chi connectivity index (χ4n) is 3.00. The molecule has 0 aliphatic heterocycles. The molecule has 0 saturated carbocycles. The summed E-state index contributed by atoms with van der Waals surface area (Å²) in [7, 11) is 0. The van der Waals surface area contributed by atoms with Gasteiger partial charge in [0.1, 0.15) is 6.54 Å². The van der Waals surface area contributed by atoms with Gasteiger partial charge in [0.25, 0.3) is 0 Å². The van der Waals surface area contributed by atoms with Crippen LogP contribution in [0.1, 0.15) is 5.01 Å². The molecular formula is C18H12N4O3S2. The van der Waals surface area contributed by atoms with Crippen molar-refractivity contribution in [1.29, 1.82) is 0 Å². The summed E-state index contributed by atoms with van der Waals surface area (Å²) in [6.07, 6.45) is 0. The molecule has 0 aliphatic rings. The molecule has 134 valence electrons. The third-order valence-corrected chi connectivity index (χ3v) is 6.28. The first kappa shape index (κ1) is 16.2. The second kappa shape index (κ2) is 6.00. The van der Waals surface area contributed by atoms with E-state index < -0.39 is 5.76 Å². The van der Waals surface area contributed by atoms with E-state index in [-0.39, 0.29) is 12.5 Å². The number of oxazole rings is 1. The van der Waals surface area contributed by atoms with Crippen molar-refractivity contribution in [2.45, 2.75) is 13.5 Å². The van der Waals surface area contributed by atoms with E-state index in [4.69, 9.17) is 4.42 Å². The first-order valence-corrected chi connectivity index (χ1v) is 9.77. The minimum Gasteiger partial charge on any atom is -0.408 e. The van der Waals surface area contributed by atoms with E-state index >= 15 is 0 Å². The third kappa shape index (κ3) is 2.71. The van der Waals surface area contributed by atoms with Crippen LogP contribution in [0.4, 0.5) is 5.13 Å². The number of hydrogen-bond donors (Lipinski definition) is 1. The maximum atomic E-state index is 12.5. The topological polar surface area (TPSA) is 90.0 Å². The van der Waals surface area contributed by atoms with Gasteiger partial charge in [0.15, 0.2) is 10.7 Å². The summed E-state index contributed by atoms with van der Waals surface area (Å²) in [5.74, 6) is -0.892. The summed E-state index contributed by atoms with van der Waals surface area (Å²) in [4.78, 5) is 33.4. The fourth-order valence-corrected chi connectivity index (χ4v) is 5.03. The zero-order chi connectivity index (χ0) is 18.5. The highest BCUT2D eigenvalue weighted by Crippen LogP contribution is 2.35. The van der Waals surface area contributed by atoms with Gasteiger partial charge in [-0.2, -0.15) is 0 Å². The van der Waals surface area contributed by atoms with Crippen LogP contribution in [0.25, 0.3) is 31.5 Å². The molecule has 0 atom stereocenters. The number of thiazole rings is 2. The molecule has 5 aromatic rings. The smallest absolute Gasteiger partial charge is 0.408 e. The van der Waals surface area contributed by atoms with Crippen molar-refractivity contribution in [3.8, 4) is 0 Å². The standard InChI is InChI=1S/C18H12N4O3S2/c1-9-19-10-6-7-11-16(15(10)26-9)27-17(20-11)21-14(23)8-22-12-4-2-3-5-13(12)25-18(22)24/h2-7H,8H2,1H3,(H,20,21,23). The molecule has 2 aromatic carbocycles. The number of nitrogens with one attached hydrogen (secondary N) is 1. The number of benzene rings is 2. The van der Waals surface area contributed by atoms with E-state index in [2.05, 4.69) is 15.3 Å². The van der Waals surface area contributed by atoms with Crippen molar-refractivity contribution in [2.24, 2.45) is 0 Å².